The van der Waals surface area contributed by atoms with Gasteiger partial charge < -0.3 is 0 Å². The highest BCUT2D eigenvalue weighted by molar-refractivity contribution is 6.31. The average Bonchev–Trinajstić information content (AvgIpc) is 2.33. The van der Waals surface area contributed by atoms with Crippen LogP contribution in [0.1, 0.15) is 11.1 Å². The summed E-state index contributed by atoms with van der Waals surface area (Å²) in [6.45, 7) is 1.90. The van der Waals surface area contributed by atoms with Gasteiger partial charge in [0.2, 0.25) is 0 Å². The fraction of sp³-hybridized carbons (Fsp3) is 0.0769. The molecule has 0 fully saturated rings. The van der Waals surface area contributed by atoms with Crippen LogP contribution in [0.15, 0.2) is 30.3 Å². The fourth-order valence-corrected chi connectivity index (χ4v) is 1.88. The van der Waals surface area contributed by atoms with Crippen LogP contribution in [0.3, 0.4) is 0 Å². The Morgan fingerprint density at radius 2 is 1.82 bits per heavy atom. The molecule has 0 N–H and O–H groups in total. The second kappa shape index (κ2) is 4.75. The van der Waals surface area contributed by atoms with Gasteiger partial charge in [-0.15, -0.1) is 0 Å². The summed E-state index contributed by atoms with van der Waals surface area (Å²) in [5, 5.41) is 9.75. The minimum absolute atomic E-state index is 0.225. The van der Waals surface area contributed by atoms with Crippen LogP contribution in [0, 0.1) is 18.3 Å². The zero-order valence-corrected chi connectivity index (χ0v) is 10.5. The second-order valence-electron chi connectivity index (χ2n) is 3.61. The fourth-order valence-electron chi connectivity index (χ4n) is 1.57. The minimum atomic E-state index is 0.225. The summed E-state index contributed by atoms with van der Waals surface area (Å²) in [5.74, 6) is 0. The van der Waals surface area contributed by atoms with Crippen LogP contribution >= 0.6 is 23.2 Å². The van der Waals surface area contributed by atoms with Crippen LogP contribution < -0.4 is 0 Å². The van der Waals surface area contributed by atoms with Crippen LogP contribution in [0.25, 0.3) is 11.3 Å². The lowest BCUT2D eigenvalue weighted by Gasteiger charge is -2.06. The molecule has 1 aromatic carbocycles. The predicted octanol–water partition coefficient (Wildman–Crippen LogP) is 4.24. The van der Waals surface area contributed by atoms with Gasteiger partial charge >= 0.3 is 0 Å². The van der Waals surface area contributed by atoms with Gasteiger partial charge in [-0.05, 0) is 30.7 Å². The molecule has 0 saturated carbocycles. The number of aryl methyl sites for hydroxylation is 1. The molecule has 2 nitrogen and oxygen atoms in total. The number of rotatable bonds is 1. The Morgan fingerprint density at radius 1 is 1.18 bits per heavy atom. The Labute approximate surface area is 109 Å². The molecule has 0 aliphatic rings. The van der Waals surface area contributed by atoms with Gasteiger partial charge in [-0.1, -0.05) is 35.3 Å². The number of nitriles is 1. The van der Waals surface area contributed by atoms with Gasteiger partial charge in [0.05, 0.1) is 11.3 Å². The van der Waals surface area contributed by atoms with Crippen LogP contribution in [-0.4, -0.2) is 4.98 Å². The summed E-state index contributed by atoms with van der Waals surface area (Å²) in [4.78, 5) is 4.24. The van der Waals surface area contributed by atoms with E-state index in [1.54, 1.807) is 18.2 Å². The molecule has 4 heteroatoms. The van der Waals surface area contributed by atoms with Gasteiger partial charge in [0.25, 0.3) is 0 Å². The first kappa shape index (κ1) is 11.9. The quantitative estimate of drug-likeness (QED) is 0.721. The average molecular weight is 263 g/mol. The summed E-state index contributed by atoms with van der Waals surface area (Å²) in [6, 6.07) is 11.1. The van der Waals surface area contributed by atoms with E-state index < -0.39 is 0 Å². The van der Waals surface area contributed by atoms with E-state index in [9.17, 15) is 0 Å². The molecule has 1 heterocycles. The molecule has 84 valence electrons. The van der Waals surface area contributed by atoms with E-state index in [1.807, 2.05) is 25.1 Å². The first-order valence-corrected chi connectivity index (χ1v) is 5.70. The van der Waals surface area contributed by atoms with Crippen LogP contribution in [0.4, 0.5) is 0 Å². The van der Waals surface area contributed by atoms with E-state index in [4.69, 9.17) is 28.5 Å². The van der Waals surface area contributed by atoms with Crippen molar-refractivity contribution in [3.63, 3.8) is 0 Å². The Bertz CT molecular complexity index is 598. The third kappa shape index (κ3) is 2.41. The van der Waals surface area contributed by atoms with Crippen molar-refractivity contribution in [2.45, 2.75) is 6.92 Å². The van der Waals surface area contributed by atoms with E-state index in [2.05, 4.69) is 4.98 Å². The highest BCUT2D eigenvalue weighted by atomic mass is 35.5. The van der Waals surface area contributed by atoms with Gasteiger partial charge in [0.15, 0.2) is 0 Å². The maximum atomic E-state index is 8.85. The molecule has 17 heavy (non-hydrogen) atoms. The van der Waals surface area contributed by atoms with E-state index in [0.29, 0.717) is 10.6 Å². The Kier molecular flexibility index (Phi) is 3.33. The second-order valence-corrected chi connectivity index (χ2v) is 4.41. The van der Waals surface area contributed by atoms with E-state index in [1.165, 1.54) is 0 Å². The third-order valence-corrected chi connectivity index (χ3v) is 2.94. The zero-order valence-electron chi connectivity index (χ0n) is 9.04. The van der Waals surface area contributed by atoms with Gasteiger partial charge in [0.1, 0.15) is 11.2 Å². The van der Waals surface area contributed by atoms with Crippen molar-refractivity contribution in [1.82, 2.24) is 4.98 Å². The molecule has 0 aliphatic carbocycles. The molecular formula is C13H8Cl2N2. The van der Waals surface area contributed by atoms with Crippen molar-refractivity contribution in [2.75, 3.05) is 0 Å². The molecular weight excluding hydrogens is 255 g/mol. The van der Waals surface area contributed by atoms with Gasteiger partial charge in [-0.3, -0.25) is 0 Å². The first-order chi connectivity index (χ1) is 8.11. The lowest BCUT2D eigenvalue weighted by atomic mass is 10.1. The number of benzene rings is 1. The Balaban J connectivity index is 2.57. The van der Waals surface area contributed by atoms with Gasteiger partial charge in [-0.25, -0.2) is 4.98 Å². The number of nitrogens with zero attached hydrogens (tertiary/aromatic N) is 2. The smallest absolute Gasteiger partial charge is 0.147 e. The largest absolute Gasteiger partial charge is 0.234 e. The van der Waals surface area contributed by atoms with Crippen LogP contribution in [-0.2, 0) is 0 Å². The number of pyridine rings is 1. The molecule has 1 aromatic heterocycles. The SMILES string of the molecule is Cc1cc(C#N)c(Cl)nc1-c1ccc(Cl)cc1. The van der Waals surface area contributed by atoms with Crippen molar-refractivity contribution in [3.05, 3.63) is 51.6 Å². The summed E-state index contributed by atoms with van der Waals surface area (Å²) >= 11 is 11.8. The van der Waals surface area contributed by atoms with Gasteiger partial charge in [0, 0.05) is 10.6 Å². The van der Waals surface area contributed by atoms with Crippen LogP contribution in [0.5, 0.6) is 0 Å². The highest BCUT2D eigenvalue weighted by Gasteiger charge is 2.09. The van der Waals surface area contributed by atoms with Crippen LogP contribution in [0.2, 0.25) is 10.2 Å². The standard InChI is InChI=1S/C13H8Cl2N2/c1-8-6-10(7-16)13(15)17-12(8)9-2-4-11(14)5-3-9/h2-6H,1H3. The first-order valence-electron chi connectivity index (χ1n) is 4.95. The molecule has 0 aliphatic heterocycles. The molecule has 0 radical (unpaired) electrons. The Morgan fingerprint density at radius 3 is 2.41 bits per heavy atom. The maximum Gasteiger partial charge on any atom is 0.147 e. The van der Waals surface area contributed by atoms with Crippen molar-refractivity contribution in [1.29, 1.82) is 5.26 Å². The van der Waals surface area contributed by atoms with Crippen molar-refractivity contribution >= 4 is 23.2 Å². The highest BCUT2D eigenvalue weighted by Crippen LogP contribution is 2.26. The predicted molar refractivity (Wildman–Crippen MR) is 69.1 cm³/mol. The number of aromatic nitrogens is 1. The summed E-state index contributed by atoms with van der Waals surface area (Å²) in [7, 11) is 0. The summed E-state index contributed by atoms with van der Waals surface area (Å²) < 4.78 is 0. The summed E-state index contributed by atoms with van der Waals surface area (Å²) in [5.41, 5.74) is 3.00. The van der Waals surface area contributed by atoms with E-state index in [0.717, 1.165) is 16.8 Å². The monoisotopic (exact) mass is 262 g/mol. The number of halogens is 2. The molecule has 0 amide bonds. The Hall–Kier alpha value is -1.56. The normalized spacial score (nSPS) is 10.0. The zero-order chi connectivity index (χ0) is 12.4. The van der Waals surface area contributed by atoms with Crippen molar-refractivity contribution < 1.29 is 0 Å². The van der Waals surface area contributed by atoms with Gasteiger partial charge in [-0.2, -0.15) is 5.26 Å². The lowest BCUT2D eigenvalue weighted by Crippen LogP contribution is -1.92. The molecule has 0 unspecified atom stereocenters. The molecule has 0 spiro atoms. The molecule has 0 atom stereocenters. The third-order valence-electron chi connectivity index (χ3n) is 2.40. The number of hydrogen-bond acceptors (Lipinski definition) is 2. The van der Waals surface area contributed by atoms with E-state index >= 15 is 0 Å². The molecule has 2 rings (SSSR count). The minimum Gasteiger partial charge on any atom is -0.234 e. The lowest BCUT2D eigenvalue weighted by molar-refractivity contribution is 1.25. The molecule has 0 bridgehead atoms. The maximum absolute atomic E-state index is 8.85. The summed E-state index contributed by atoms with van der Waals surface area (Å²) in [6.07, 6.45) is 0. The molecule has 2 aromatic rings. The molecule has 0 saturated heterocycles. The topological polar surface area (TPSA) is 36.7 Å². The van der Waals surface area contributed by atoms with Crippen molar-refractivity contribution in [2.24, 2.45) is 0 Å². The van der Waals surface area contributed by atoms with E-state index in [-0.39, 0.29) is 5.15 Å². The number of hydrogen-bond donors (Lipinski definition) is 0. The van der Waals surface area contributed by atoms with Crippen molar-refractivity contribution in [3.8, 4) is 17.3 Å².